The molecule has 3 aliphatic carbocycles. The third-order valence-electron chi connectivity index (χ3n) is 7.57. The standard InChI is InChI=1S/C20H34O2/c1-13(2)20(22)10-7-15-14(12-20)16(21)11-17-18(3,4)8-6-9-19(15,17)5/h12-13,15-17,21-22H,6-11H2,1-5H3/t15-,16-,17-,19-,20+/m1/s1. The first-order chi connectivity index (χ1) is 10.1. The van der Waals surface area contributed by atoms with Crippen molar-refractivity contribution in [2.24, 2.45) is 28.6 Å². The summed E-state index contributed by atoms with van der Waals surface area (Å²) in [4.78, 5) is 0. The molecular weight excluding hydrogens is 272 g/mol. The van der Waals surface area contributed by atoms with Crippen LogP contribution < -0.4 is 0 Å². The van der Waals surface area contributed by atoms with Gasteiger partial charge in [0.1, 0.15) is 0 Å². The van der Waals surface area contributed by atoms with Gasteiger partial charge in [0.25, 0.3) is 0 Å². The van der Waals surface area contributed by atoms with Gasteiger partial charge in [0, 0.05) is 0 Å². The summed E-state index contributed by atoms with van der Waals surface area (Å²) in [6.07, 6.45) is 8.30. The summed E-state index contributed by atoms with van der Waals surface area (Å²) in [6, 6.07) is 0. The zero-order chi connectivity index (χ0) is 16.3. The van der Waals surface area contributed by atoms with E-state index >= 15 is 0 Å². The van der Waals surface area contributed by atoms with E-state index in [2.05, 4.69) is 40.7 Å². The zero-order valence-corrected chi connectivity index (χ0v) is 15.0. The second-order valence-electron chi connectivity index (χ2n) is 9.53. The van der Waals surface area contributed by atoms with Crippen molar-refractivity contribution < 1.29 is 10.2 Å². The Kier molecular flexibility index (Phi) is 3.81. The van der Waals surface area contributed by atoms with E-state index in [1.54, 1.807) is 0 Å². The predicted octanol–water partition coefficient (Wildman–Crippen LogP) is 4.31. The van der Waals surface area contributed by atoms with Gasteiger partial charge >= 0.3 is 0 Å². The Morgan fingerprint density at radius 1 is 1.14 bits per heavy atom. The van der Waals surface area contributed by atoms with Crippen LogP contribution in [0.1, 0.15) is 73.1 Å². The van der Waals surface area contributed by atoms with Crippen LogP contribution in [-0.2, 0) is 0 Å². The molecule has 0 spiro atoms. The predicted molar refractivity (Wildman–Crippen MR) is 90.4 cm³/mol. The Hall–Kier alpha value is -0.340. The average molecular weight is 306 g/mol. The van der Waals surface area contributed by atoms with Crippen LogP contribution in [0.2, 0.25) is 0 Å². The number of rotatable bonds is 1. The molecule has 0 aromatic rings. The molecule has 2 saturated carbocycles. The summed E-state index contributed by atoms with van der Waals surface area (Å²) in [5, 5.41) is 21.7. The van der Waals surface area contributed by atoms with Crippen molar-refractivity contribution in [3.8, 4) is 0 Å². The van der Waals surface area contributed by atoms with Crippen molar-refractivity contribution in [1.82, 2.24) is 0 Å². The Balaban J connectivity index is 2.01. The summed E-state index contributed by atoms with van der Waals surface area (Å²) in [6.45, 7) is 11.4. The van der Waals surface area contributed by atoms with Gasteiger partial charge < -0.3 is 10.2 Å². The topological polar surface area (TPSA) is 40.5 Å². The van der Waals surface area contributed by atoms with Crippen LogP contribution in [-0.4, -0.2) is 21.9 Å². The van der Waals surface area contributed by atoms with Gasteiger partial charge in [-0.25, -0.2) is 0 Å². The molecule has 3 aliphatic rings. The molecule has 0 radical (unpaired) electrons. The summed E-state index contributed by atoms with van der Waals surface area (Å²) >= 11 is 0. The van der Waals surface area contributed by atoms with Crippen LogP contribution in [0, 0.1) is 28.6 Å². The second kappa shape index (κ2) is 5.08. The van der Waals surface area contributed by atoms with Crippen molar-refractivity contribution in [3.05, 3.63) is 11.6 Å². The van der Waals surface area contributed by atoms with Gasteiger partial charge in [0.05, 0.1) is 11.7 Å². The number of aliphatic hydroxyl groups excluding tert-OH is 1. The molecule has 3 rings (SSSR count). The third kappa shape index (κ3) is 2.29. The van der Waals surface area contributed by atoms with Gasteiger partial charge in [-0.1, -0.05) is 47.1 Å². The fourth-order valence-electron chi connectivity index (χ4n) is 6.03. The summed E-state index contributed by atoms with van der Waals surface area (Å²) in [5.74, 6) is 1.26. The third-order valence-corrected chi connectivity index (χ3v) is 7.57. The minimum atomic E-state index is -0.722. The van der Waals surface area contributed by atoms with Crippen LogP contribution in [0.4, 0.5) is 0 Å². The Labute approximate surface area is 136 Å². The van der Waals surface area contributed by atoms with Crippen LogP contribution in [0.3, 0.4) is 0 Å². The largest absolute Gasteiger partial charge is 0.389 e. The molecule has 0 saturated heterocycles. The summed E-state index contributed by atoms with van der Waals surface area (Å²) in [5.41, 5.74) is 1.05. The smallest absolute Gasteiger partial charge is 0.0854 e. The van der Waals surface area contributed by atoms with E-state index < -0.39 is 5.60 Å². The highest BCUT2D eigenvalue weighted by atomic mass is 16.3. The molecule has 2 heteroatoms. The van der Waals surface area contributed by atoms with Gasteiger partial charge in [-0.05, 0) is 66.3 Å². The fourth-order valence-corrected chi connectivity index (χ4v) is 6.03. The molecule has 2 nitrogen and oxygen atoms in total. The fraction of sp³-hybridized carbons (Fsp3) is 0.900. The number of aliphatic hydroxyl groups is 2. The maximum absolute atomic E-state index is 10.9. The number of fused-ring (bicyclic) bond motifs is 3. The van der Waals surface area contributed by atoms with Gasteiger partial charge in [-0.3, -0.25) is 0 Å². The molecule has 0 aromatic carbocycles. The minimum Gasteiger partial charge on any atom is -0.389 e. The van der Waals surface area contributed by atoms with E-state index in [1.165, 1.54) is 19.3 Å². The highest BCUT2D eigenvalue weighted by molar-refractivity contribution is 5.29. The summed E-state index contributed by atoms with van der Waals surface area (Å²) < 4.78 is 0. The first-order valence-electron chi connectivity index (χ1n) is 9.23. The highest BCUT2D eigenvalue weighted by Crippen LogP contribution is 2.63. The zero-order valence-electron chi connectivity index (χ0n) is 15.0. The molecule has 2 fully saturated rings. The maximum Gasteiger partial charge on any atom is 0.0854 e. The molecule has 126 valence electrons. The molecule has 2 N–H and O–H groups in total. The molecule has 22 heavy (non-hydrogen) atoms. The average Bonchev–Trinajstić information content (AvgIpc) is 2.41. The molecule has 0 unspecified atom stereocenters. The number of hydrogen-bond acceptors (Lipinski definition) is 2. The van der Waals surface area contributed by atoms with Crippen molar-refractivity contribution >= 4 is 0 Å². The van der Waals surface area contributed by atoms with E-state index in [9.17, 15) is 10.2 Å². The normalized spacial score (nSPS) is 47.6. The van der Waals surface area contributed by atoms with Crippen molar-refractivity contribution in [1.29, 1.82) is 0 Å². The lowest BCUT2D eigenvalue weighted by atomic mass is 9.45. The SMILES string of the molecule is CC(C)[C@@]1(O)C=C2[C@H](O)C[C@@H]3C(C)(C)CCC[C@]3(C)[C@@H]2CC1. The van der Waals surface area contributed by atoms with Crippen LogP contribution in [0.25, 0.3) is 0 Å². The van der Waals surface area contributed by atoms with Gasteiger partial charge in [0.15, 0.2) is 0 Å². The highest BCUT2D eigenvalue weighted by Gasteiger charge is 2.57. The molecule has 0 aromatic heterocycles. The van der Waals surface area contributed by atoms with Gasteiger partial charge in [-0.2, -0.15) is 0 Å². The lowest BCUT2D eigenvalue weighted by Crippen LogP contribution is -2.55. The van der Waals surface area contributed by atoms with Gasteiger partial charge in [-0.15, -0.1) is 0 Å². The molecule has 0 aliphatic heterocycles. The lowest BCUT2D eigenvalue weighted by molar-refractivity contribution is -0.0976. The quantitative estimate of drug-likeness (QED) is 0.709. The Morgan fingerprint density at radius 3 is 2.45 bits per heavy atom. The first-order valence-corrected chi connectivity index (χ1v) is 9.23. The van der Waals surface area contributed by atoms with Crippen LogP contribution in [0.15, 0.2) is 11.6 Å². The number of hydrogen-bond donors (Lipinski definition) is 2. The molecule has 0 bridgehead atoms. The van der Waals surface area contributed by atoms with E-state index in [0.717, 1.165) is 24.8 Å². The molecule has 5 atom stereocenters. The van der Waals surface area contributed by atoms with Crippen LogP contribution >= 0.6 is 0 Å². The van der Waals surface area contributed by atoms with Crippen molar-refractivity contribution in [2.45, 2.75) is 84.8 Å². The van der Waals surface area contributed by atoms with Crippen molar-refractivity contribution in [3.63, 3.8) is 0 Å². The van der Waals surface area contributed by atoms with Crippen molar-refractivity contribution in [2.75, 3.05) is 0 Å². The van der Waals surface area contributed by atoms with E-state index in [-0.39, 0.29) is 12.0 Å². The molecular formula is C20H34O2. The Morgan fingerprint density at radius 2 is 1.82 bits per heavy atom. The summed E-state index contributed by atoms with van der Waals surface area (Å²) in [7, 11) is 0. The Bertz CT molecular complexity index is 478. The van der Waals surface area contributed by atoms with Crippen LogP contribution in [0.5, 0.6) is 0 Å². The van der Waals surface area contributed by atoms with Gasteiger partial charge in [0.2, 0.25) is 0 Å². The van der Waals surface area contributed by atoms with E-state index in [0.29, 0.717) is 22.7 Å². The molecule has 0 heterocycles. The first kappa shape index (κ1) is 16.5. The maximum atomic E-state index is 10.9. The second-order valence-corrected chi connectivity index (χ2v) is 9.53. The monoisotopic (exact) mass is 306 g/mol. The van der Waals surface area contributed by atoms with E-state index in [1.807, 2.05) is 0 Å². The molecule has 0 amide bonds. The van der Waals surface area contributed by atoms with E-state index in [4.69, 9.17) is 0 Å². The minimum absolute atomic E-state index is 0.210. The lowest BCUT2D eigenvalue weighted by Gasteiger charge is -2.60.